The fraction of sp³-hybridized carbons (Fsp3) is 0.375. The normalized spacial score (nSPS) is 19.5. The summed E-state index contributed by atoms with van der Waals surface area (Å²) < 4.78 is 20.5. The summed E-state index contributed by atoms with van der Waals surface area (Å²) >= 11 is 24.8. The molecule has 1 aliphatic heterocycles. The Bertz CT molecular complexity index is 1050. The van der Waals surface area contributed by atoms with Crippen LogP contribution in [-0.4, -0.2) is 28.6 Å². The lowest BCUT2D eigenvalue weighted by Gasteiger charge is -2.33. The van der Waals surface area contributed by atoms with E-state index in [-0.39, 0.29) is 18.5 Å². The number of halogens is 4. The molecule has 2 heterocycles. The van der Waals surface area contributed by atoms with Crippen LogP contribution in [0.4, 0.5) is 0 Å². The third-order valence-electron chi connectivity index (χ3n) is 5.45. The van der Waals surface area contributed by atoms with Crippen molar-refractivity contribution in [1.82, 2.24) is 9.55 Å². The number of imidazole rings is 1. The quantitative estimate of drug-likeness (QED) is 0.290. The van der Waals surface area contributed by atoms with E-state index >= 15 is 0 Å². The van der Waals surface area contributed by atoms with Gasteiger partial charge in [0.25, 0.3) is 0 Å². The van der Waals surface area contributed by atoms with Crippen LogP contribution in [0.5, 0.6) is 0 Å². The van der Waals surface area contributed by atoms with Crippen LogP contribution in [0.1, 0.15) is 36.5 Å². The van der Waals surface area contributed by atoms with Gasteiger partial charge in [-0.3, -0.25) is 0 Å². The van der Waals surface area contributed by atoms with Crippen molar-refractivity contribution in [2.75, 3.05) is 6.61 Å². The number of aromatic nitrogens is 2. The zero-order valence-electron chi connectivity index (χ0n) is 17.8. The number of ether oxygens (including phenoxy) is 3. The zero-order chi connectivity index (χ0) is 23.2. The number of hydrogen-bond acceptors (Lipinski definition) is 4. The van der Waals surface area contributed by atoms with Crippen molar-refractivity contribution < 1.29 is 14.2 Å². The van der Waals surface area contributed by atoms with Crippen LogP contribution in [0.15, 0.2) is 55.1 Å². The van der Waals surface area contributed by atoms with Gasteiger partial charge in [0.15, 0.2) is 6.29 Å². The molecule has 176 valence electrons. The van der Waals surface area contributed by atoms with Gasteiger partial charge in [-0.1, -0.05) is 58.5 Å². The van der Waals surface area contributed by atoms with Crippen molar-refractivity contribution in [2.45, 2.75) is 50.9 Å². The topological polar surface area (TPSA) is 45.5 Å². The third-order valence-corrected chi connectivity index (χ3v) is 6.60. The maximum Gasteiger partial charge on any atom is 0.158 e. The number of benzene rings is 2. The molecular weight excluding hydrogens is 506 g/mol. The molecule has 0 bridgehead atoms. The van der Waals surface area contributed by atoms with E-state index in [4.69, 9.17) is 60.6 Å². The largest absolute Gasteiger partial charge is 0.374 e. The van der Waals surface area contributed by atoms with Crippen molar-refractivity contribution >= 4 is 46.4 Å². The summed E-state index contributed by atoms with van der Waals surface area (Å²) in [7, 11) is 0. The molecule has 3 aromatic rings. The third kappa shape index (κ3) is 7.09. The monoisotopic (exact) mass is 528 g/mol. The van der Waals surface area contributed by atoms with Gasteiger partial charge in [-0.05, 0) is 49.1 Å². The Kier molecular flexibility index (Phi) is 8.94. The summed E-state index contributed by atoms with van der Waals surface area (Å²) in [6, 6.07) is 10.8. The van der Waals surface area contributed by atoms with Gasteiger partial charge in [-0.25, -0.2) is 4.98 Å². The lowest BCUT2D eigenvalue weighted by Crippen LogP contribution is -2.34. The number of hydrogen-bond donors (Lipinski definition) is 0. The minimum Gasteiger partial charge on any atom is -0.374 e. The SMILES string of the molecule is Clc1ccc(COCC2CCCC(OC(Cn3ccnc3)c3ccc(Cl)cc3Cl)O2)c(Cl)c1. The lowest BCUT2D eigenvalue weighted by molar-refractivity contribution is -0.227. The van der Waals surface area contributed by atoms with Gasteiger partial charge in [0.1, 0.15) is 6.10 Å². The van der Waals surface area contributed by atoms with E-state index in [9.17, 15) is 0 Å². The Morgan fingerprint density at radius 2 is 1.82 bits per heavy atom. The first-order valence-electron chi connectivity index (χ1n) is 10.7. The molecule has 0 saturated carbocycles. The summed E-state index contributed by atoms with van der Waals surface area (Å²) in [5.74, 6) is 0. The predicted molar refractivity (Wildman–Crippen MR) is 131 cm³/mol. The summed E-state index contributed by atoms with van der Waals surface area (Å²) in [6.45, 7) is 1.40. The molecule has 1 aromatic heterocycles. The fourth-order valence-electron chi connectivity index (χ4n) is 3.77. The van der Waals surface area contributed by atoms with E-state index in [1.54, 1.807) is 30.7 Å². The molecule has 3 atom stereocenters. The second-order valence-corrected chi connectivity index (χ2v) is 9.61. The summed E-state index contributed by atoms with van der Waals surface area (Å²) in [6.07, 6.45) is 7.30. The van der Waals surface area contributed by atoms with Crippen LogP contribution >= 0.6 is 46.4 Å². The van der Waals surface area contributed by atoms with Crippen LogP contribution in [-0.2, 0) is 27.4 Å². The molecule has 9 heteroatoms. The van der Waals surface area contributed by atoms with E-state index in [1.165, 1.54) is 0 Å². The number of rotatable bonds is 9. The summed E-state index contributed by atoms with van der Waals surface area (Å²) in [4.78, 5) is 4.12. The smallest absolute Gasteiger partial charge is 0.158 e. The van der Waals surface area contributed by atoms with Gasteiger partial charge in [-0.2, -0.15) is 0 Å². The molecule has 33 heavy (non-hydrogen) atoms. The summed E-state index contributed by atoms with van der Waals surface area (Å²) in [5, 5.41) is 2.33. The Labute approximate surface area is 213 Å². The average Bonchev–Trinajstić information content (AvgIpc) is 3.28. The molecule has 1 aliphatic rings. The van der Waals surface area contributed by atoms with Crippen molar-refractivity contribution in [3.63, 3.8) is 0 Å². The summed E-state index contributed by atoms with van der Waals surface area (Å²) in [5.41, 5.74) is 1.75. The molecule has 0 amide bonds. The van der Waals surface area contributed by atoms with Crippen molar-refractivity contribution in [3.8, 4) is 0 Å². The highest BCUT2D eigenvalue weighted by Gasteiger charge is 2.27. The first-order chi connectivity index (χ1) is 16.0. The fourth-order valence-corrected chi connectivity index (χ4v) is 4.76. The minimum absolute atomic E-state index is 0.0654. The second kappa shape index (κ2) is 11.9. The molecule has 0 aliphatic carbocycles. The van der Waals surface area contributed by atoms with Crippen LogP contribution in [0, 0.1) is 0 Å². The van der Waals surface area contributed by atoms with E-state index < -0.39 is 0 Å². The van der Waals surface area contributed by atoms with Crippen LogP contribution in [0.25, 0.3) is 0 Å². The molecule has 4 rings (SSSR count). The van der Waals surface area contributed by atoms with Crippen LogP contribution < -0.4 is 0 Å². The van der Waals surface area contributed by atoms with E-state index in [2.05, 4.69) is 4.98 Å². The molecule has 1 fully saturated rings. The Morgan fingerprint density at radius 3 is 2.55 bits per heavy atom. The van der Waals surface area contributed by atoms with Crippen molar-refractivity contribution in [1.29, 1.82) is 0 Å². The molecule has 3 unspecified atom stereocenters. The van der Waals surface area contributed by atoms with E-state index in [1.807, 2.05) is 29.0 Å². The second-order valence-electron chi connectivity index (χ2n) is 7.92. The highest BCUT2D eigenvalue weighted by Crippen LogP contribution is 2.33. The molecule has 1 saturated heterocycles. The van der Waals surface area contributed by atoms with Crippen LogP contribution in [0.2, 0.25) is 20.1 Å². The Hall–Kier alpha value is -1.31. The Balaban J connectivity index is 1.37. The zero-order valence-corrected chi connectivity index (χ0v) is 20.8. The van der Waals surface area contributed by atoms with Gasteiger partial charge >= 0.3 is 0 Å². The molecule has 0 radical (unpaired) electrons. The molecule has 5 nitrogen and oxygen atoms in total. The minimum atomic E-state index is -0.369. The molecule has 2 aromatic carbocycles. The first kappa shape index (κ1) is 24.8. The predicted octanol–water partition coefficient (Wildman–Crippen LogP) is 7.37. The van der Waals surface area contributed by atoms with E-state index in [0.29, 0.717) is 39.8 Å². The first-order valence-corrected chi connectivity index (χ1v) is 12.2. The van der Waals surface area contributed by atoms with Crippen LogP contribution in [0.3, 0.4) is 0 Å². The highest BCUT2D eigenvalue weighted by atomic mass is 35.5. The molecule has 0 N–H and O–H groups in total. The maximum atomic E-state index is 6.49. The van der Waals surface area contributed by atoms with Gasteiger partial charge in [-0.15, -0.1) is 0 Å². The van der Waals surface area contributed by atoms with Crippen molar-refractivity contribution in [3.05, 3.63) is 86.3 Å². The Morgan fingerprint density at radius 1 is 1.03 bits per heavy atom. The average molecular weight is 530 g/mol. The molecule has 0 spiro atoms. The van der Waals surface area contributed by atoms with Gasteiger partial charge < -0.3 is 18.8 Å². The van der Waals surface area contributed by atoms with Gasteiger partial charge in [0, 0.05) is 38.0 Å². The molecular formula is C24H24Cl4N2O3. The van der Waals surface area contributed by atoms with Crippen molar-refractivity contribution in [2.24, 2.45) is 0 Å². The standard InChI is InChI=1S/C24H24Cl4N2O3/c25-17-5-4-16(21(27)10-17)13-31-14-19-2-1-3-24(32-19)33-23(12-30-9-8-29-15-30)20-7-6-18(26)11-22(20)28/h4-11,15,19,23-24H,1-3,12-14H2. The van der Waals surface area contributed by atoms with E-state index in [0.717, 1.165) is 30.4 Å². The highest BCUT2D eigenvalue weighted by molar-refractivity contribution is 6.35. The maximum absolute atomic E-state index is 6.49. The van der Waals surface area contributed by atoms with Gasteiger partial charge in [0.2, 0.25) is 0 Å². The number of nitrogens with zero attached hydrogens (tertiary/aromatic N) is 2. The lowest BCUT2D eigenvalue weighted by atomic mass is 10.1. The van der Waals surface area contributed by atoms with Gasteiger partial charge in [0.05, 0.1) is 32.2 Å².